The standard InChI is InChI=1S/C16H24N4O/c1-5-20-11-15(10-19-20)21-16-6-13(4)18-9-14(16)8-17-7-12(2)3/h6,9-12,17H,5,7-8H2,1-4H3. The molecule has 2 heterocycles. The maximum Gasteiger partial charge on any atom is 0.165 e. The Bertz CT molecular complexity index is 577. The lowest BCUT2D eigenvalue weighted by Gasteiger charge is -2.12. The lowest BCUT2D eigenvalue weighted by atomic mass is 10.2. The number of nitrogens with zero attached hydrogens (tertiary/aromatic N) is 3. The molecule has 114 valence electrons. The summed E-state index contributed by atoms with van der Waals surface area (Å²) in [6.07, 6.45) is 5.52. The van der Waals surface area contributed by atoms with E-state index in [1.807, 2.05) is 30.1 Å². The number of aromatic nitrogens is 3. The van der Waals surface area contributed by atoms with Crippen LogP contribution in [0.3, 0.4) is 0 Å². The molecule has 0 aromatic carbocycles. The lowest BCUT2D eigenvalue weighted by Crippen LogP contribution is -2.19. The van der Waals surface area contributed by atoms with Gasteiger partial charge in [-0.15, -0.1) is 0 Å². The quantitative estimate of drug-likeness (QED) is 0.850. The van der Waals surface area contributed by atoms with Crippen molar-refractivity contribution in [2.24, 2.45) is 5.92 Å². The molecule has 21 heavy (non-hydrogen) atoms. The van der Waals surface area contributed by atoms with Crippen molar-refractivity contribution in [3.8, 4) is 11.5 Å². The van der Waals surface area contributed by atoms with Crippen LogP contribution in [0.5, 0.6) is 11.5 Å². The lowest BCUT2D eigenvalue weighted by molar-refractivity contribution is 0.466. The highest BCUT2D eigenvalue weighted by Gasteiger charge is 2.08. The van der Waals surface area contributed by atoms with Crippen molar-refractivity contribution < 1.29 is 4.74 Å². The first-order chi connectivity index (χ1) is 10.1. The van der Waals surface area contributed by atoms with Gasteiger partial charge in [0.2, 0.25) is 0 Å². The highest BCUT2D eigenvalue weighted by atomic mass is 16.5. The largest absolute Gasteiger partial charge is 0.454 e. The van der Waals surface area contributed by atoms with Crippen LogP contribution in [-0.2, 0) is 13.1 Å². The molecule has 0 spiro atoms. The summed E-state index contributed by atoms with van der Waals surface area (Å²) >= 11 is 0. The molecule has 0 amide bonds. The van der Waals surface area contributed by atoms with E-state index >= 15 is 0 Å². The zero-order valence-electron chi connectivity index (χ0n) is 13.3. The molecule has 0 fully saturated rings. The smallest absolute Gasteiger partial charge is 0.165 e. The average molecular weight is 288 g/mol. The first kappa shape index (κ1) is 15.5. The Labute approximate surface area is 126 Å². The number of rotatable bonds is 7. The van der Waals surface area contributed by atoms with Gasteiger partial charge in [-0.25, -0.2) is 0 Å². The van der Waals surface area contributed by atoms with Crippen molar-refractivity contribution in [2.45, 2.75) is 40.8 Å². The fourth-order valence-electron chi connectivity index (χ4n) is 1.98. The molecule has 1 N–H and O–H groups in total. The van der Waals surface area contributed by atoms with Crippen LogP contribution in [0, 0.1) is 12.8 Å². The molecule has 0 bridgehead atoms. The van der Waals surface area contributed by atoms with Crippen LogP contribution in [0.1, 0.15) is 32.0 Å². The molecular formula is C16H24N4O. The number of nitrogens with one attached hydrogen (secondary N) is 1. The van der Waals surface area contributed by atoms with E-state index in [4.69, 9.17) is 4.74 Å². The van der Waals surface area contributed by atoms with E-state index in [9.17, 15) is 0 Å². The van der Waals surface area contributed by atoms with Crippen LogP contribution in [0.25, 0.3) is 0 Å². The molecule has 0 unspecified atom stereocenters. The zero-order valence-corrected chi connectivity index (χ0v) is 13.3. The highest BCUT2D eigenvalue weighted by Crippen LogP contribution is 2.25. The number of aryl methyl sites for hydroxylation is 2. The number of hydrogen-bond donors (Lipinski definition) is 1. The normalized spacial score (nSPS) is 11.1. The number of hydrogen-bond acceptors (Lipinski definition) is 4. The third kappa shape index (κ3) is 4.56. The Kier molecular flexibility index (Phi) is 5.33. The van der Waals surface area contributed by atoms with Gasteiger partial charge in [-0.05, 0) is 26.3 Å². The summed E-state index contributed by atoms with van der Waals surface area (Å²) < 4.78 is 7.81. The Balaban J connectivity index is 2.10. The Morgan fingerprint density at radius 1 is 1.33 bits per heavy atom. The molecule has 0 saturated heterocycles. The van der Waals surface area contributed by atoms with Crippen molar-refractivity contribution in [3.05, 3.63) is 35.9 Å². The van der Waals surface area contributed by atoms with Crippen molar-refractivity contribution in [2.75, 3.05) is 6.54 Å². The maximum absolute atomic E-state index is 5.97. The van der Waals surface area contributed by atoms with Gasteiger partial charge in [0.15, 0.2) is 5.75 Å². The molecule has 0 aliphatic heterocycles. The second-order valence-corrected chi connectivity index (χ2v) is 5.59. The summed E-state index contributed by atoms with van der Waals surface area (Å²) in [6, 6.07) is 1.97. The van der Waals surface area contributed by atoms with Crippen LogP contribution < -0.4 is 10.1 Å². The Morgan fingerprint density at radius 2 is 2.14 bits per heavy atom. The van der Waals surface area contributed by atoms with E-state index < -0.39 is 0 Å². The summed E-state index contributed by atoms with van der Waals surface area (Å²) in [5, 5.41) is 7.65. The van der Waals surface area contributed by atoms with Gasteiger partial charge in [-0.2, -0.15) is 5.10 Å². The third-order valence-corrected chi connectivity index (χ3v) is 3.11. The van der Waals surface area contributed by atoms with E-state index in [2.05, 4.69) is 36.2 Å². The second kappa shape index (κ2) is 7.22. The maximum atomic E-state index is 5.97. The molecule has 5 nitrogen and oxygen atoms in total. The monoisotopic (exact) mass is 288 g/mol. The first-order valence-corrected chi connectivity index (χ1v) is 7.45. The molecule has 2 aromatic heterocycles. The van der Waals surface area contributed by atoms with Crippen molar-refractivity contribution >= 4 is 0 Å². The van der Waals surface area contributed by atoms with Crippen molar-refractivity contribution in [1.29, 1.82) is 0 Å². The van der Waals surface area contributed by atoms with E-state index in [1.165, 1.54) is 0 Å². The summed E-state index contributed by atoms with van der Waals surface area (Å²) in [5.41, 5.74) is 2.01. The van der Waals surface area contributed by atoms with E-state index in [0.717, 1.165) is 42.4 Å². The van der Waals surface area contributed by atoms with Crippen molar-refractivity contribution in [1.82, 2.24) is 20.1 Å². The predicted octanol–water partition coefficient (Wildman–Crippen LogP) is 3.14. The summed E-state index contributed by atoms with van der Waals surface area (Å²) in [6.45, 7) is 11.0. The molecule has 0 atom stereocenters. The Hall–Kier alpha value is -1.88. The van der Waals surface area contributed by atoms with Gasteiger partial charge < -0.3 is 10.1 Å². The molecule has 5 heteroatoms. The molecule has 0 aliphatic rings. The predicted molar refractivity (Wildman–Crippen MR) is 83.5 cm³/mol. The van der Waals surface area contributed by atoms with Gasteiger partial charge in [0.1, 0.15) is 5.75 Å². The number of pyridine rings is 1. The molecule has 0 aliphatic carbocycles. The average Bonchev–Trinajstić information content (AvgIpc) is 2.88. The van der Waals surface area contributed by atoms with E-state index in [1.54, 1.807) is 6.20 Å². The molecule has 2 aromatic rings. The molecule has 0 saturated carbocycles. The van der Waals surface area contributed by atoms with Gasteiger partial charge in [-0.1, -0.05) is 13.8 Å². The topological polar surface area (TPSA) is 52.0 Å². The zero-order chi connectivity index (χ0) is 15.2. The van der Waals surface area contributed by atoms with Crippen LogP contribution in [0.4, 0.5) is 0 Å². The van der Waals surface area contributed by atoms with Gasteiger partial charge in [0, 0.05) is 36.6 Å². The van der Waals surface area contributed by atoms with Crippen LogP contribution >= 0.6 is 0 Å². The summed E-state index contributed by atoms with van der Waals surface area (Å²) in [7, 11) is 0. The van der Waals surface area contributed by atoms with E-state index in [0.29, 0.717) is 5.92 Å². The minimum Gasteiger partial charge on any atom is -0.454 e. The minimum absolute atomic E-state index is 0.621. The first-order valence-electron chi connectivity index (χ1n) is 7.45. The second-order valence-electron chi connectivity index (χ2n) is 5.59. The summed E-state index contributed by atoms with van der Waals surface area (Å²) in [4.78, 5) is 4.36. The minimum atomic E-state index is 0.621. The third-order valence-electron chi connectivity index (χ3n) is 3.11. The van der Waals surface area contributed by atoms with Crippen LogP contribution in [0.2, 0.25) is 0 Å². The van der Waals surface area contributed by atoms with Gasteiger partial charge in [0.05, 0.1) is 12.4 Å². The van der Waals surface area contributed by atoms with E-state index in [-0.39, 0.29) is 0 Å². The fraction of sp³-hybridized carbons (Fsp3) is 0.500. The molecular weight excluding hydrogens is 264 g/mol. The summed E-state index contributed by atoms with van der Waals surface area (Å²) in [5.74, 6) is 2.22. The van der Waals surface area contributed by atoms with Crippen LogP contribution in [-0.4, -0.2) is 21.3 Å². The van der Waals surface area contributed by atoms with Crippen molar-refractivity contribution in [3.63, 3.8) is 0 Å². The fourth-order valence-corrected chi connectivity index (χ4v) is 1.98. The van der Waals surface area contributed by atoms with Gasteiger partial charge in [0.25, 0.3) is 0 Å². The molecule has 0 radical (unpaired) electrons. The molecule has 2 rings (SSSR count). The SMILES string of the molecule is CCn1cc(Oc2cc(C)ncc2CNCC(C)C)cn1. The highest BCUT2D eigenvalue weighted by molar-refractivity contribution is 5.36. The van der Waals surface area contributed by atoms with Crippen LogP contribution in [0.15, 0.2) is 24.7 Å². The van der Waals surface area contributed by atoms with Gasteiger partial charge in [-0.3, -0.25) is 9.67 Å². The van der Waals surface area contributed by atoms with Gasteiger partial charge >= 0.3 is 0 Å². The Morgan fingerprint density at radius 3 is 2.81 bits per heavy atom. The number of ether oxygens (including phenoxy) is 1.